The van der Waals surface area contributed by atoms with Gasteiger partial charge in [0.2, 0.25) is 5.91 Å². The molecule has 20 heavy (non-hydrogen) atoms. The van der Waals surface area contributed by atoms with Crippen molar-refractivity contribution in [3.8, 4) is 0 Å². The van der Waals surface area contributed by atoms with E-state index in [0.717, 1.165) is 17.5 Å². The number of carbonyl (C=O) groups is 1. The number of aliphatic hydroxyl groups is 1. The number of carbonyl (C=O) groups excluding carboxylic acids is 1. The maximum Gasteiger partial charge on any atom is 0.220 e. The molecule has 0 aliphatic heterocycles. The first-order valence-electron chi connectivity index (χ1n) is 6.78. The summed E-state index contributed by atoms with van der Waals surface area (Å²) in [5.41, 5.74) is 2.98. The molecule has 2 N–H and O–H groups in total. The number of hydrogen-bond acceptors (Lipinski definition) is 2. The minimum absolute atomic E-state index is 0.00391. The van der Waals surface area contributed by atoms with Crippen molar-refractivity contribution in [2.75, 3.05) is 0 Å². The van der Waals surface area contributed by atoms with Crippen LogP contribution >= 0.6 is 0 Å². The fourth-order valence-electron chi connectivity index (χ4n) is 2.07. The van der Waals surface area contributed by atoms with Gasteiger partial charge < -0.3 is 10.4 Å². The van der Waals surface area contributed by atoms with Gasteiger partial charge in [0.25, 0.3) is 0 Å². The van der Waals surface area contributed by atoms with Crippen molar-refractivity contribution in [2.24, 2.45) is 0 Å². The molecule has 2 rings (SSSR count). The van der Waals surface area contributed by atoms with Crippen LogP contribution in [0, 0.1) is 0 Å². The van der Waals surface area contributed by atoms with Crippen LogP contribution in [0.3, 0.4) is 0 Å². The van der Waals surface area contributed by atoms with E-state index < -0.39 is 0 Å². The second kappa shape index (κ2) is 7.46. The predicted octanol–water partition coefficient (Wildman–Crippen LogP) is 2.43. The summed E-state index contributed by atoms with van der Waals surface area (Å²) in [5.74, 6) is 0.0293. The van der Waals surface area contributed by atoms with E-state index >= 15 is 0 Å². The van der Waals surface area contributed by atoms with Crippen LogP contribution in [-0.4, -0.2) is 11.0 Å². The fraction of sp³-hybridized carbons (Fsp3) is 0.235. The SMILES string of the molecule is O=C(CCc1ccccc1)NCc1ccccc1CO. The van der Waals surface area contributed by atoms with Crippen LogP contribution in [-0.2, 0) is 24.4 Å². The van der Waals surface area contributed by atoms with Crippen LogP contribution in [0.15, 0.2) is 54.6 Å². The molecule has 0 saturated carbocycles. The zero-order chi connectivity index (χ0) is 14.2. The molecule has 3 heteroatoms. The van der Waals surface area contributed by atoms with E-state index in [4.69, 9.17) is 0 Å². The van der Waals surface area contributed by atoms with Gasteiger partial charge in [-0.15, -0.1) is 0 Å². The van der Waals surface area contributed by atoms with E-state index in [0.29, 0.717) is 13.0 Å². The van der Waals surface area contributed by atoms with Gasteiger partial charge in [0, 0.05) is 13.0 Å². The Balaban J connectivity index is 1.80. The maximum absolute atomic E-state index is 11.8. The Labute approximate surface area is 119 Å². The van der Waals surface area contributed by atoms with Gasteiger partial charge in [-0.1, -0.05) is 54.6 Å². The lowest BCUT2D eigenvalue weighted by Gasteiger charge is -2.09. The van der Waals surface area contributed by atoms with E-state index in [-0.39, 0.29) is 12.5 Å². The molecule has 0 radical (unpaired) electrons. The average Bonchev–Trinajstić information content (AvgIpc) is 2.52. The first-order chi connectivity index (χ1) is 9.79. The van der Waals surface area contributed by atoms with Crippen LogP contribution in [0.4, 0.5) is 0 Å². The molecule has 0 aliphatic carbocycles. The molecule has 0 aliphatic rings. The van der Waals surface area contributed by atoms with Crippen molar-refractivity contribution in [1.29, 1.82) is 0 Å². The molecule has 2 aromatic rings. The first kappa shape index (κ1) is 14.3. The molecule has 1 amide bonds. The number of rotatable bonds is 6. The smallest absolute Gasteiger partial charge is 0.220 e. The van der Waals surface area contributed by atoms with Crippen molar-refractivity contribution >= 4 is 5.91 Å². The Morgan fingerprint density at radius 3 is 2.30 bits per heavy atom. The van der Waals surface area contributed by atoms with Gasteiger partial charge >= 0.3 is 0 Å². The molecule has 0 fully saturated rings. The molecule has 0 unspecified atom stereocenters. The molecule has 3 nitrogen and oxygen atoms in total. The Hall–Kier alpha value is -2.13. The maximum atomic E-state index is 11.8. The highest BCUT2D eigenvalue weighted by atomic mass is 16.3. The average molecular weight is 269 g/mol. The number of aliphatic hydroxyl groups excluding tert-OH is 1. The van der Waals surface area contributed by atoms with E-state index in [1.165, 1.54) is 5.56 Å². The molecule has 0 atom stereocenters. The highest BCUT2D eigenvalue weighted by Crippen LogP contribution is 2.08. The van der Waals surface area contributed by atoms with Crippen LogP contribution in [0.2, 0.25) is 0 Å². The summed E-state index contributed by atoms with van der Waals surface area (Å²) >= 11 is 0. The summed E-state index contributed by atoms with van der Waals surface area (Å²) in [5, 5.41) is 12.1. The molecular weight excluding hydrogens is 250 g/mol. The van der Waals surface area contributed by atoms with Gasteiger partial charge in [0.1, 0.15) is 0 Å². The minimum Gasteiger partial charge on any atom is -0.392 e. The van der Waals surface area contributed by atoms with Gasteiger partial charge in [0.05, 0.1) is 6.61 Å². The number of amides is 1. The lowest BCUT2D eigenvalue weighted by Crippen LogP contribution is -2.23. The molecule has 0 spiro atoms. The van der Waals surface area contributed by atoms with E-state index in [9.17, 15) is 9.90 Å². The Kier molecular flexibility index (Phi) is 5.33. The summed E-state index contributed by atoms with van der Waals surface area (Å²) < 4.78 is 0. The van der Waals surface area contributed by atoms with E-state index in [2.05, 4.69) is 5.32 Å². The van der Waals surface area contributed by atoms with Crippen LogP contribution in [0.5, 0.6) is 0 Å². The lowest BCUT2D eigenvalue weighted by molar-refractivity contribution is -0.121. The monoisotopic (exact) mass is 269 g/mol. The highest BCUT2D eigenvalue weighted by Gasteiger charge is 2.04. The third kappa shape index (κ3) is 4.21. The standard InChI is InChI=1S/C17H19NO2/c19-13-16-9-5-4-8-15(16)12-18-17(20)11-10-14-6-2-1-3-7-14/h1-9,19H,10-13H2,(H,18,20). The van der Waals surface area contributed by atoms with Crippen LogP contribution in [0.1, 0.15) is 23.1 Å². The Bertz CT molecular complexity index is 552. The molecule has 2 aromatic carbocycles. The summed E-state index contributed by atoms with van der Waals surface area (Å²) in [7, 11) is 0. The molecule has 0 aromatic heterocycles. The first-order valence-corrected chi connectivity index (χ1v) is 6.78. The summed E-state index contributed by atoms with van der Waals surface area (Å²) in [6.45, 7) is 0.459. The van der Waals surface area contributed by atoms with Crippen molar-refractivity contribution in [3.05, 3.63) is 71.3 Å². The summed E-state index contributed by atoms with van der Waals surface area (Å²) in [6.07, 6.45) is 1.22. The number of hydrogen-bond donors (Lipinski definition) is 2. The third-order valence-corrected chi connectivity index (χ3v) is 3.25. The van der Waals surface area contributed by atoms with Crippen LogP contribution in [0.25, 0.3) is 0 Å². The largest absolute Gasteiger partial charge is 0.392 e. The molecule has 104 valence electrons. The van der Waals surface area contributed by atoms with Crippen molar-refractivity contribution in [2.45, 2.75) is 26.0 Å². The van der Waals surface area contributed by atoms with Gasteiger partial charge in [0.15, 0.2) is 0 Å². The highest BCUT2D eigenvalue weighted by molar-refractivity contribution is 5.76. The predicted molar refractivity (Wildman–Crippen MR) is 79.0 cm³/mol. The van der Waals surface area contributed by atoms with Gasteiger partial charge in [-0.3, -0.25) is 4.79 Å². The number of aryl methyl sites for hydroxylation is 1. The van der Waals surface area contributed by atoms with Crippen molar-refractivity contribution < 1.29 is 9.90 Å². The lowest BCUT2D eigenvalue weighted by atomic mass is 10.1. The Morgan fingerprint density at radius 1 is 0.950 bits per heavy atom. The van der Waals surface area contributed by atoms with Crippen molar-refractivity contribution in [3.63, 3.8) is 0 Å². The van der Waals surface area contributed by atoms with E-state index in [1.807, 2.05) is 54.6 Å². The summed E-state index contributed by atoms with van der Waals surface area (Å²) in [4.78, 5) is 11.8. The van der Waals surface area contributed by atoms with Crippen molar-refractivity contribution in [1.82, 2.24) is 5.32 Å². The normalized spacial score (nSPS) is 10.2. The molecule has 0 heterocycles. The van der Waals surface area contributed by atoms with Gasteiger partial charge in [-0.2, -0.15) is 0 Å². The number of nitrogens with one attached hydrogen (secondary N) is 1. The molecule has 0 saturated heterocycles. The topological polar surface area (TPSA) is 49.3 Å². The zero-order valence-corrected chi connectivity index (χ0v) is 11.4. The quantitative estimate of drug-likeness (QED) is 0.846. The van der Waals surface area contributed by atoms with E-state index in [1.54, 1.807) is 0 Å². The number of benzene rings is 2. The summed E-state index contributed by atoms with van der Waals surface area (Å²) in [6, 6.07) is 17.5. The fourth-order valence-corrected chi connectivity index (χ4v) is 2.07. The second-order valence-electron chi connectivity index (χ2n) is 4.69. The zero-order valence-electron chi connectivity index (χ0n) is 11.4. The Morgan fingerprint density at radius 2 is 1.60 bits per heavy atom. The molecule has 0 bridgehead atoms. The van der Waals surface area contributed by atoms with Crippen LogP contribution < -0.4 is 5.32 Å². The third-order valence-electron chi connectivity index (χ3n) is 3.25. The van der Waals surface area contributed by atoms with Gasteiger partial charge in [-0.25, -0.2) is 0 Å². The van der Waals surface area contributed by atoms with Gasteiger partial charge in [-0.05, 0) is 23.1 Å². The minimum atomic E-state index is -0.00391. The second-order valence-corrected chi connectivity index (χ2v) is 4.69. The molecular formula is C17H19NO2.